The van der Waals surface area contributed by atoms with Gasteiger partial charge in [-0.25, -0.2) is 4.79 Å². The molecule has 0 atom stereocenters. The minimum Gasteiger partial charge on any atom is -0.352 e. The van der Waals surface area contributed by atoms with E-state index in [0.29, 0.717) is 19.6 Å². The molecule has 4 saturated carbocycles. The molecule has 7 heteroatoms. The maximum atomic E-state index is 12.5. The van der Waals surface area contributed by atoms with Crippen molar-refractivity contribution in [3.63, 3.8) is 0 Å². The number of hydrogen-bond acceptors (Lipinski definition) is 3. The second-order valence-electron chi connectivity index (χ2n) is 10.6. The van der Waals surface area contributed by atoms with Crippen molar-refractivity contribution in [2.75, 3.05) is 6.54 Å². The molecule has 180 valence electrons. The second kappa shape index (κ2) is 9.65. The summed E-state index contributed by atoms with van der Waals surface area (Å²) in [5.41, 5.74) is 1.98. The van der Waals surface area contributed by atoms with Crippen molar-refractivity contribution in [1.82, 2.24) is 20.5 Å². The van der Waals surface area contributed by atoms with E-state index in [-0.39, 0.29) is 29.5 Å². The van der Waals surface area contributed by atoms with Gasteiger partial charge in [0.05, 0.1) is 6.54 Å². The minimum absolute atomic E-state index is 0.0124. The number of pyridine rings is 1. The fourth-order valence-corrected chi connectivity index (χ4v) is 6.68. The molecule has 1 aromatic heterocycles. The predicted molar refractivity (Wildman–Crippen MR) is 130 cm³/mol. The van der Waals surface area contributed by atoms with Gasteiger partial charge in [0.25, 0.3) is 5.56 Å². The van der Waals surface area contributed by atoms with Crippen molar-refractivity contribution in [1.29, 1.82) is 0 Å². The van der Waals surface area contributed by atoms with Crippen LogP contribution in [0.1, 0.15) is 56.1 Å². The van der Waals surface area contributed by atoms with Gasteiger partial charge in [-0.15, -0.1) is 0 Å². The van der Waals surface area contributed by atoms with Crippen LogP contribution in [0.3, 0.4) is 0 Å². The highest BCUT2D eigenvalue weighted by atomic mass is 16.2. The molecule has 4 aliphatic rings. The lowest BCUT2D eigenvalue weighted by molar-refractivity contribution is -0.121. The summed E-state index contributed by atoms with van der Waals surface area (Å²) in [5, 5.41) is 9.07. The van der Waals surface area contributed by atoms with Crippen molar-refractivity contribution in [3.8, 4) is 0 Å². The first kappa shape index (κ1) is 22.7. The number of aromatic nitrogens is 1. The van der Waals surface area contributed by atoms with Crippen molar-refractivity contribution in [2.24, 2.45) is 17.8 Å². The van der Waals surface area contributed by atoms with Gasteiger partial charge in [0.1, 0.15) is 0 Å². The molecule has 3 amide bonds. The molecular weight excluding hydrogens is 428 g/mol. The van der Waals surface area contributed by atoms with Gasteiger partial charge in [-0.2, -0.15) is 0 Å². The van der Waals surface area contributed by atoms with Crippen LogP contribution in [-0.4, -0.2) is 28.6 Å². The number of amides is 3. The Labute approximate surface area is 200 Å². The summed E-state index contributed by atoms with van der Waals surface area (Å²) in [5.74, 6) is 2.27. The maximum Gasteiger partial charge on any atom is 0.315 e. The first-order valence-corrected chi connectivity index (χ1v) is 12.5. The first-order chi connectivity index (χ1) is 16.5. The molecule has 34 heavy (non-hydrogen) atoms. The number of nitrogens with one attached hydrogen (secondary N) is 3. The van der Waals surface area contributed by atoms with Crippen LogP contribution in [0.25, 0.3) is 0 Å². The van der Waals surface area contributed by atoms with Crippen LogP contribution in [0, 0.1) is 17.8 Å². The van der Waals surface area contributed by atoms with Crippen LogP contribution in [-0.2, 0) is 17.9 Å². The highest BCUT2D eigenvalue weighted by molar-refractivity contribution is 5.78. The molecular formula is C27H34N4O3. The van der Waals surface area contributed by atoms with Gasteiger partial charge < -0.3 is 20.5 Å². The van der Waals surface area contributed by atoms with Crippen molar-refractivity contribution >= 4 is 11.9 Å². The minimum atomic E-state index is -0.136. The topological polar surface area (TPSA) is 92.2 Å². The van der Waals surface area contributed by atoms with Crippen LogP contribution in [0.15, 0.2) is 53.5 Å². The molecule has 0 aliphatic heterocycles. The number of carbonyl (C=O) groups is 2. The van der Waals surface area contributed by atoms with Gasteiger partial charge in [0.15, 0.2) is 0 Å². The summed E-state index contributed by atoms with van der Waals surface area (Å²) in [6.45, 7) is 1.28. The van der Waals surface area contributed by atoms with Crippen molar-refractivity contribution in [2.45, 2.75) is 63.6 Å². The molecule has 0 unspecified atom stereocenters. The normalized spacial score (nSPS) is 26.8. The van der Waals surface area contributed by atoms with E-state index in [2.05, 4.69) is 16.0 Å². The molecule has 7 nitrogen and oxygen atoms in total. The fourth-order valence-electron chi connectivity index (χ4n) is 6.68. The SMILES string of the molecule is O=C(CCNC(=O)NC12CC3CC(CC(C3)C1)C2)NCc1ccc(Cn2ccccc2=O)cc1. The Morgan fingerprint density at radius 1 is 0.882 bits per heavy atom. The summed E-state index contributed by atoms with van der Waals surface area (Å²) in [4.78, 5) is 36.6. The highest BCUT2D eigenvalue weighted by Crippen LogP contribution is 2.55. The highest BCUT2D eigenvalue weighted by Gasteiger charge is 2.51. The lowest BCUT2D eigenvalue weighted by Gasteiger charge is -2.56. The summed E-state index contributed by atoms with van der Waals surface area (Å²) in [7, 11) is 0. The Hall–Kier alpha value is -3.09. The fraction of sp³-hybridized carbons (Fsp3) is 0.519. The largest absolute Gasteiger partial charge is 0.352 e. The van der Waals surface area contributed by atoms with Gasteiger partial charge in [0.2, 0.25) is 5.91 Å². The first-order valence-electron chi connectivity index (χ1n) is 12.5. The third kappa shape index (κ3) is 5.34. The lowest BCUT2D eigenvalue weighted by atomic mass is 9.53. The van der Waals surface area contributed by atoms with Crippen LogP contribution in [0.5, 0.6) is 0 Å². The average Bonchev–Trinajstić information content (AvgIpc) is 2.79. The Kier molecular flexibility index (Phi) is 6.44. The molecule has 6 rings (SSSR count). The standard InChI is InChI=1S/C27H34N4O3/c32-24(29-17-19-4-6-20(7-5-19)18-31-10-2-1-3-25(31)33)8-9-28-26(34)30-27-14-21-11-22(15-27)13-23(12-21)16-27/h1-7,10,21-23H,8-9,11-18H2,(H,29,32)(H2,28,30,34). The van der Waals surface area contributed by atoms with E-state index in [9.17, 15) is 14.4 Å². The van der Waals surface area contributed by atoms with Gasteiger partial charge >= 0.3 is 6.03 Å². The zero-order valence-electron chi connectivity index (χ0n) is 19.6. The van der Waals surface area contributed by atoms with E-state index < -0.39 is 0 Å². The third-order valence-electron chi connectivity index (χ3n) is 7.82. The molecule has 0 spiro atoms. The summed E-state index contributed by atoms with van der Waals surface area (Å²) < 4.78 is 1.66. The summed E-state index contributed by atoms with van der Waals surface area (Å²) in [6, 6.07) is 12.8. The van der Waals surface area contributed by atoms with Crippen molar-refractivity contribution in [3.05, 3.63) is 70.1 Å². The van der Waals surface area contributed by atoms with E-state index in [1.807, 2.05) is 30.3 Å². The molecule has 0 radical (unpaired) electrons. The number of hydrogen-bond donors (Lipinski definition) is 3. The van der Waals surface area contributed by atoms with E-state index in [1.54, 1.807) is 22.9 Å². The van der Waals surface area contributed by atoms with Crippen LogP contribution in [0.2, 0.25) is 0 Å². The number of urea groups is 1. The Bertz CT molecular complexity index is 1060. The van der Waals surface area contributed by atoms with Gasteiger partial charge in [-0.3, -0.25) is 9.59 Å². The zero-order chi connectivity index (χ0) is 23.5. The van der Waals surface area contributed by atoms with Gasteiger partial charge in [-0.05, 0) is 73.5 Å². The van der Waals surface area contributed by atoms with E-state index in [4.69, 9.17) is 0 Å². The molecule has 4 bridgehead atoms. The van der Waals surface area contributed by atoms with E-state index >= 15 is 0 Å². The van der Waals surface area contributed by atoms with Crippen LogP contribution < -0.4 is 21.5 Å². The lowest BCUT2D eigenvalue weighted by Crippen LogP contribution is -2.61. The zero-order valence-corrected chi connectivity index (χ0v) is 19.6. The number of rotatable bonds is 8. The van der Waals surface area contributed by atoms with Crippen LogP contribution >= 0.6 is 0 Å². The van der Waals surface area contributed by atoms with Gasteiger partial charge in [-0.1, -0.05) is 30.3 Å². The quantitative estimate of drug-likeness (QED) is 0.563. The molecule has 4 aliphatic carbocycles. The van der Waals surface area contributed by atoms with E-state index in [1.165, 1.54) is 19.3 Å². The second-order valence-corrected chi connectivity index (χ2v) is 10.6. The third-order valence-corrected chi connectivity index (χ3v) is 7.82. The number of benzene rings is 1. The Morgan fingerprint density at radius 2 is 1.53 bits per heavy atom. The summed E-state index contributed by atoms with van der Waals surface area (Å²) in [6.07, 6.45) is 9.42. The Morgan fingerprint density at radius 3 is 2.18 bits per heavy atom. The summed E-state index contributed by atoms with van der Waals surface area (Å²) >= 11 is 0. The molecule has 2 aromatic rings. The number of carbonyl (C=O) groups excluding carboxylic acids is 2. The molecule has 0 saturated heterocycles. The van der Waals surface area contributed by atoms with Gasteiger partial charge in [0, 0.05) is 37.3 Å². The molecule has 1 heterocycles. The smallest absolute Gasteiger partial charge is 0.315 e. The average molecular weight is 463 g/mol. The number of nitrogens with zero attached hydrogens (tertiary/aromatic N) is 1. The monoisotopic (exact) mass is 462 g/mol. The molecule has 1 aromatic carbocycles. The molecule has 3 N–H and O–H groups in total. The van der Waals surface area contributed by atoms with Crippen LogP contribution in [0.4, 0.5) is 4.79 Å². The predicted octanol–water partition coefficient (Wildman–Crippen LogP) is 3.17. The molecule has 4 fully saturated rings. The Balaban J connectivity index is 1.01. The maximum absolute atomic E-state index is 12.5. The van der Waals surface area contributed by atoms with E-state index in [0.717, 1.165) is 48.1 Å². The van der Waals surface area contributed by atoms with Crippen molar-refractivity contribution < 1.29 is 9.59 Å².